The van der Waals surface area contributed by atoms with E-state index in [-0.39, 0.29) is 35.3 Å². The molecule has 6 rings (SSSR count). The van der Waals surface area contributed by atoms with Gasteiger partial charge in [-0.15, -0.1) is 0 Å². The number of primary amides is 1. The van der Waals surface area contributed by atoms with Crippen LogP contribution in [0.25, 0.3) is 5.76 Å². The average Bonchev–Trinajstić information content (AvgIpc) is 3.70. The number of ketones is 1. The van der Waals surface area contributed by atoms with E-state index in [1.165, 1.54) is 6.07 Å². The van der Waals surface area contributed by atoms with Gasteiger partial charge in [0, 0.05) is 35.2 Å². The molecule has 5 atom stereocenters. The second kappa shape index (κ2) is 7.53. The van der Waals surface area contributed by atoms with E-state index in [9.17, 15) is 30.0 Å². The Morgan fingerprint density at radius 3 is 2.51 bits per heavy atom. The monoisotopic (exact) mass is 515 g/mol. The van der Waals surface area contributed by atoms with Gasteiger partial charge in [-0.25, -0.2) is 4.39 Å². The summed E-state index contributed by atoms with van der Waals surface area (Å²) in [6.07, 6.45) is 2.24. The van der Waals surface area contributed by atoms with Crippen LogP contribution in [0.4, 0.5) is 4.39 Å². The van der Waals surface area contributed by atoms with Crippen molar-refractivity contribution < 1.29 is 39.1 Å². The van der Waals surface area contributed by atoms with Gasteiger partial charge >= 0.3 is 0 Å². The molecule has 198 valence electrons. The number of likely N-dealkylation sites (N-methyl/N-ethyl adjacent to an activating group) is 1. The number of rotatable bonds is 5. The number of amides is 1. The van der Waals surface area contributed by atoms with Gasteiger partial charge in [0.15, 0.2) is 5.60 Å². The number of ether oxygens (including phenoxy) is 1. The second-order valence-corrected chi connectivity index (χ2v) is 11.2. The summed E-state index contributed by atoms with van der Waals surface area (Å²) >= 11 is 0. The zero-order valence-electron chi connectivity index (χ0n) is 20.8. The SMILES string of the molecule is CN(Cc1cc(O)c2c(c1F)C[C@H]1C[C@H]3[C@H](N(C)C)C(O)=C(C(N)=O)C4(O)O[C@]34C(=O)C1=C2O)C1CC1. The van der Waals surface area contributed by atoms with E-state index in [0.29, 0.717) is 18.2 Å². The van der Waals surface area contributed by atoms with Gasteiger partial charge in [0.1, 0.15) is 28.7 Å². The lowest BCUT2D eigenvalue weighted by molar-refractivity contribution is -0.127. The highest BCUT2D eigenvalue weighted by Gasteiger charge is 2.86. The van der Waals surface area contributed by atoms with E-state index in [4.69, 9.17) is 10.5 Å². The van der Waals surface area contributed by atoms with E-state index in [2.05, 4.69) is 0 Å². The summed E-state index contributed by atoms with van der Waals surface area (Å²) in [4.78, 5) is 29.8. The molecule has 1 unspecified atom stereocenters. The summed E-state index contributed by atoms with van der Waals surface area (Å²) in [5.41, 5.74) is 3.08. The molecule has 2 saturated carbocycles. The molecule has 0 radical (unpaired) electrons. The number of aliphatic hydroxyl groups excluding tert-OH is 2. The Kier molecular flexibility index (Phi) is 4.96. The molecule has 1 saturated heterocycles. The minimum atomic E-state index is -2.44. The quantitative estimate of drug-likeness (QED) is 0.358. The number of hydrogen-bond donors (Lipinski definition) is 5. The van der Waals surface area contributed by atoms with E-state index in [1.807, 2.05) is 11.9 Å². The first-order valence-electron chi connectivity index (χ1n) is 12.4. The number of hydrogen-bond acceptors (Lipinski definition) is 9. The fourth-order valence-electron chi connectivity index (χ4n) is 6.99. The van der Waals surface area contributed by atoms with Gasteiger partial charge in [0.05, 0.1) is 11.6 Å². The third-order valence-corrected chi connectivity index (χ3v) is 8.83. The number of carbonyl (C=O) groups excluding carboxylic acids is 2. The fourth-order valence-corrected chi connectivity index (χ4v) is 6.99. The number of aromatic hydroxyl groups is 1. The lowest BCUT2D eigenvalue weighted by Gasteiger charge is -2.45. The fraction of sp³-hybridized carbons (Fsp3) is 0.538. The molecule has 1 heterocycles. The number of carbonyl (C=O) groups is 2. The number of fused-ring (bicyclic) bond motifs is 2. The molecule has 4 aliphatic carbocycles. The number of benzene rings is 1. The molecule has 6 N–H and O–H groups in total. The highest BCUT2D eigenvalue weighted by molar-refractivity contribution is 6.14. The normalized spacial score (nSPS) is 34.4. The van der Waals surface area contributed by atoms with Crippen LogP contribution in [0.1, 0.15) is 36.0 Å². The molecular weight excluding hydrogens is 485 g/mol. The topological polar surface area (TPSA) is 160 Å². The van der Waals surface area contributed by atoms with Crippen molar-refractivity contribution in [3.05, 3.63) is 45.5 Å². The van der Waals surface area contributed by atoms with E-state index < -0.39 is 63.9 Å². The van der Waals surface area contributed by atoms with Crippen LogP contribution in [0.3, 0.4) is 0 Å². The predicted octanol–water partition coefficient (Wildman–Crippen LogP) is 0.855. The van der Waals surface area contributed by atoms with Crippen LogP contribution < -0.4 is 5.73 Å². The van der Waals surface area contributed by atoms with Crippen LogP contribution in [-0.4, -0.2) is 86.5 Å². The van der Waals surface area contributed by atoms with Crippen molar-refractivity contribution >= 4 is 17.4 Å². The number of phenolic OH excluding ortho intramolecular Hbond substituents is 1. The van der Waals surface area contributed by atoms with Crippen LogP contribution in [-0.2, 0) is 27.3 Å². The summed E-state index contributed by atoms with van der Waals surface area (Å²) in [5.74, 6) is -7.75. The predicted molar refractivity (Wildman–Crippen MR) is 128 cm³/mol. The molecule has 1 aromatic rings. The van der Waals surface area contributed by atoms with E-state index >= 15 is 4.39 Å². The number of nitrogens with zero attached hydrogens (tertiary/aromatic N) is 2. The minimum Gasteiger partial charge on any atom is -0.510 e. The Hall–Kier alpha value is -2.99. The molecule has 0 aromatic heterocycles. The smallest absolute Gasteiger partial charge is 0.253 e. The molecule has 37 heavy (non-hydrogen) atoms. The number of nitrogens with two attached hydrogens (primary N) is 1. The standard InChI is InChI=1S/C26H30FN3O7/c1-29(2)20-14-7-10-6-13-17(15(31)8-11(19(13)27)9-30(3)12-4-5-12)21(32)16(10)23(34)25(14)26(36,37-25)18(22(20)33)24(28)35/h8,10,12,14,20,31-33,36H,4-7,9H2,1-3H3,(H2,28,35)/t10-,14-,20-,25-,26?/m0/s1. The van der Waals surface area contributed by atoms with E-state index in [1.54, 1.807) is 19.0 Å². The van der Waals surface area contributed by atoms with Crippen LogP contribution in [0.2, 0.25) is 0 Å². The molecule has 0 bridgehead atoms. The van der Waals surface area contributed by atoms with Crippen molar-refractivity contribution in [2.24, 2.45) is 17.6 Å². The van der Waals surface area contributed by atoms with Gasteiger partial charge in [0.25, 0.3) is 5.91 Å². The molecule has 11 heteroatoms. The van der Waals surface area contributed by atoms with E-state index in [0.717, 1.165) is 12.8 Å². The Balaban J connectivity index is 1.47. The summed E-state index contributed by atoms with van der Waals surface area (Å²) < 4.78 is 21.4. The highest BCUT2D eigenvalue weighted by Crippen LogP contribution is 2.67. The van der Waals surface area contributed by atoms with Crippen molar-refractivity contribution in [3.63, 3.8) is 0 Å². The maximum Gasteiger partial charge on any atom is 0.253 e. The molecule has 10 nitrogen and oxygen atoms in total. The number of halogens is 1. The van der Waals surface area contributed by atoms with Gasteiger partial charge in [-0.3, -0.25) is 19.4 Å². The molecular formula is C26H30FN3O7. The summed E-state index contributed by atoms with van der Waals surface area (Å²) in [7, 11) is 5.18. The Morgan fingerprint density at radius 2 is 1.92 bits per heavy atom. The first kappa shape index (κ1) is 24.4. The third-order valence-electron chi connectivity index (χ3n) is 8.83. The summed E-state index contributed by atoms with van der Waals surface area (Å²) in [6.45, 7) is 0.294. The van der Waals surface area contributed by atoms with Crippen LogP contribution in [0, 0.1) is 17.7 Å². The number of aliphatic hydroxyl groups is 3. The Bertz CT molecular complexity index is 1340. The number of epoxide rings is 1. The Labute approximate surface area is 212 Å². The number of Topliss-reactive ketones (excluding diaryl/α,β-unsaturated/α-hetero) is 1. The molecule has 1 amide bonds. The van der Waals surface area contributed by atoms with Crippen LogP contribution in [0.5, 0.6) is 5.75 Å². The van der Waals surface area contributed by atoms with Gasteiger partial charge in [-0.1, -0.05) is 0 Å². The molecule has 1 aliphatic heterocycles. The van der Waals surface area contributed by atoms with Crippen molar-refractivity contribution in [2.45, 2.75) is 55.7 Å². The van der Waals surface area contributed by atoms with Crippen molar-refractivity contribution in [2.75, 3.05) is 21.1 Å². The maximum atomic E-state index is 15.8. The average molecular weight is 516 g/mol. The molecule has 1 aromatic carbocycles. The highest BCUT2D eigenvalue weighted by atomic mass is 19.1. The lowest BCUT2D eigenvalue weighted by atomic mass is 9.58. The van der Waals surface area contributed by atoms with Crippen molar-refractivity contribution in [1.82, 2.24) is 9.80 Å². The second-order valence-electron chi connectivity index (χ2n) is 11.2. The van der Waals surface area contributed by atoms with Crippen molar-refractivity contribution in [3.8, 4) is 5.75 Å². The van der Waals surface area contributed by atoms with Gasteiger partial charge < -0.3 is 30.9 Å². The molecule has 3 fully saturated rings. The molecule has 5 aliphatic rings. The Morgan fingerprint density at radius 1 is 1.24 bits per heavy atom. The van der Waals surface area contributed by atoms with Gasteiger partial charge in [-0.2, -0.15) is 0 Å². The maximum absolute atomic E-state index is 15.8. The first-order valence-corrected chi connectivity index (χ1v) is 12.4. The van der Waals surface area contributed by atoms with Crippen LogP contribution in [0.15, 0.2) is 23.0 Å². The summed E-state index contributed by atoms with van der Waals surface area (Å²) in [5, 5.41) is 44.2. The third kappa shape index (κ3) is 2.99. The zero-order chi connectivity index (χ0) is 26.8. The number of phenols is 1. The lowest BCUT2D eigenvalue weighted by Crippen LogP contribution is -2.60. The largest absolute Gasteiger partial charge is 0.510 e. The van der Waals surface area contributed by atoms with Crippen LogP contribution >= 0.6 is 0 Å². The van der Waals surface area contributed by atoms with Crippen molar-refractivity contribution in [1.29, 1.82) is 0 Å². The first-order chi connectivity index (χ1) is 17.3. The minimum absolute atomic E-state index is 0.0269. The zero-order valence-corrected chi connectivity index (χ0v) is 20.8. The summed E-state index contributed by atoms with van der Waals surface area (Å²) in [6, 6.07) is 0.760. The van der Waals surface area contributed by atoms with Gasteiger partial charge in [-0.05, 0) is 58.8 Å². The molecule has 1 spiro atoms. The van der Waals surface area contributed by atoms with Gasteiger partial charge in [0.2, 0.25) is 11.6 Å².